The van der Waals surface area contributed by atoms with Gasteiger partial charge in [0.1, 0.15) is 0 Å². The lowest BCUT2D eigenvalue weighted by Crippen LogP contribution is -2.21. The minimum Gasteiger partial charge on any atom is -0.465 e. The molecule has 2 N–H and O–H groups in total. The van der Waals surface area contributed by atoms with Crippen molar-refractivity contribution in [2.24, 2.45) is 0 Å². The number of thiophene rings is 1. The van der Waals surface area contributed by atoms with Crippen LogP contribution in [0.15, 0.2) is 22.0 Å². The van der Waals surface area contributed by atoms with Crippen molar-refractivity contribution in [3.05, 3.63) is 23.4 Å². The Balaban J connectivity index is 1.76. The highest BCUT2D eigenvalue weighted by atomic mass is 32.1. The predicted octanol–water partition coefficient (Wildman–Crippen LogP) is 2.39. The molecule has 0 unspecified atom stereocenters. The van der Waals surface area contributed by atoms with Crippen LogP contribution in [0.4, 0.5) is 4.79 Å². The van der Waals surface area contributed by atoms with Crippen LogP contribution in [-0.4, -0.2) is 27.9 Å². The summed E-state index contributed by atoms with van der Waals surface area (Å²) in [5.41, 5.74) is 0. The van der Waals surface area contributed by atoms with E-state index in [1.165, 1.54) is 0 Å². The van der Waals surface area contributed by atoms with Gasteiger partial charge in [-0.15, -0.1) is 11.3 Å². The molecule has 0 aromatic carbocycles. The van der Waals surface area contributed by atoms with Gasteiger partial charge in [0.25, 0.3) is 0 Å². The molecule has 18 heavy (non-hydrogen) atoms. The van der Waals surface area contributed by atoms with Crippen LogP contribution in [0.25, 0.3) is 10.7 Å². The summed E-state index contributed by atoms with van der Waals surface area (Å²) in [7, 11) is 0. The van der Waals surface area contributed by atoms with Crippen molar-refractivity contribution in [2.75, 3.05) is 6.54 Å². The quantitative estimate of drug-likeness (QED) is 0.784. The van der Waals surface area contributed by atoms with Crippen LogP contribution in [0.3, 0.4) is 0 Å². The molecule has 0 saturated heterocycles. The van der Waals surface area contributed by atoms with E-state index in [1.54, 1.807) is 11.3 Å². The molecule has 7 heteroatoms. The molecule has 2 aromatic rings. The third-order valence-electron chi connectivity index (χ3n) is 2.30. The number of aryl methyl sites for hydroxylation is 1. The minimum absolute atomic E-state index is 0.446. The first-order valence-electron chi connectivity index (χ1n) is 5.59. The first-order chi connectivity index (χ1) is 8.75. The first kappa shape index (κ1) is 12.6. The van der Waals surface area contributed by atoms with Gasteiger partial charge < -0.3 is 14.9 Å². The average molecular weight is 267 g/mol. The van der Waals surface area contributed by atoms with Gasteiger partial charge in [-0.05, 0) is 24.3 Å². The Hall–Kier alpha value is -1.89. The van der Waals surface area contributed by atoms with E-state index in [1.807, 2.05) is 17.5 Å². The molecule has 0 aliphatic heterocycles. The minimum atomic E-state index is -0.993. The molecular weight excluding hydrogens is 254 g/mol. The van der Waals surface area contributed by atoms with Gasteiger partial charge in [-0.2, -0.15) is 4.98 Å². The molecule has 1 amide bonds. The molecule has 0 radical (unpaired) electrons. The van der Waals surface area contributed by atoms with Crippen LogP contribution in [0.2, 0.25) is 0 Å². The van der Waals surface area contributed by atoms with Crippen molar-refractivity contribution in [3.63, 3.8) is 0 Å². The number of hydrogen-bond acceptors (Lipinski definition) is 5. The van der Waals surface area contributed by atoms with E-state index in [2.05, 4.69) is 15.5 Å². The molecule has 0 saturated carbocycles. The maximum absolute atomic E-state index is 10.2. The summed E-state index contributed by atoms with van der Waals surface area (Å²) in [5, 5.41) is 16.6. The standard InChI is InChI=1S/C11H13N3O3S/c15-11(16)12-6-2-1-5-9-13-10(14-17-9)8-4-3-7-18-8/h3-4,7,12H,1-2,5-6H2,(H,15,16). The zero-order valence-electron chi connectivity index (χ0n) is 9.63. The highest BCUT2D eigenvalue weighted by molar-refractivity contribution is 7.13. The Labute approximate surface area is 108 Å². The van der Waals surface area contributed by atoms with Gasteiger partial charge in [0.05, 0.1) is 4.88 Å². The van der Waals surface area contributed by atoms with Gasteiger partial charge in [-0.1, -0.05) is 11.2 Å². The Morgan fingerprint density at radius 2 is 2.39 bits per heavy atom. The van der Waals surface area contributed by atoms with Crippen LogP contribution in [0.5, 0.6) is 0 Å². The summed E-state index contributed by atoms with van der Waals surface area (Å²) in [5.74, 6) is 1.21. The van der Waals surface area contributed by atoms with Crippen molar-refractivity contribution >= 4 is 17.4 Å². The summed E-state index contributed by atoms with van der Waals surface area (Å²) < 4.78 is 5.12. The van der Waals surface area contributed by atoms with Crippen molar-refractivity contribution in [1.82, 2.24) is 15.5 Å². The lowest BCUT2D eigenvalue weighted by atomic mass is 10.2. The normalized spacial score (nSPS) is 10.4. The number of rotatable bonds is 6. The zero-order valence-corrected chi connectivity index (χ0v) is 10.4. The number of hydrogen-bond donors (Lipinski definition) is 2. The van der Waals surface area contributed by atoms with Crippen molar-refractivity contribution in [3.8, 4) is 10.7 Å². The predicted molar refractivity (Wildman–Crippen MR) is 66.6 cm³/mol. The smallest absolute Gasteiger partial charge is 0.404 e. The molecule has 0 atom stereocenters. The van der Waals surface area contributed by atoms with Gasteiger partial charge in [0.2, 0.25) is 11.7 Å². The fourth-order valence-corrected chi connectivity index (χ4v) is 2.11. The van der Waals surface area contributed by atoms with Gasteiger partial charge >= 0.3 is 6.09 Å². The van der Waals surface area contributed by atoms with E-state index < -0.39 is 6.09 Å². The van der Waals surface area contributed by atoms with E-state index in [4.69, 9.17) is 9.63 Å². The number of carboxylic acid groups (broad SMARTS) is 1. The lowest BCUT2D eigenvalue weighted by Gasteiger charge is -1.98. The second-order valence-electron chi connectivity index (χ2n) is 3.68. The largest absolute Gasteiger partial charge is 0.465 e. The number of unbranched alkanes of at least 4 members (excludes halogenated alkanes) is 1. The molecule has 2 aromatic heterocycles. The van der Waals surface area contributed by atoms with Crippen LogP contribution in [0, 0.1) is 0 Å². The van der Waals surface area contributed by atoms with Crippen molar-refractivity contribution in [1.29, 1.82) is 0 Å². The molecule has 0 aliphatic carbocycles. The van der Waals surface area contributed by atoms with Crippen molar-refractivity contribution < 1.29 is 14.4 Å². The van der Waals surface area contributed by atoms with Crippen LogP contribution in [0.1, 0.15) is 18.7 Å². The summed E-state index contributed by atoms with van der Waals surface area (Å²) in [4.78, 5) is 15.5. The van der Waals surface area contributed by atoms with Crippen LogP contribution >= 0.6 is 11.3 Å². The second-order valence-corrected chi connectivity index (χ2v) is 4.63. The Morgan fingerprint density at radius 1 is 1.50 bits per heavy atom. The summed E-state index contributed by atoms with van der Waals surface area (Å²) in [6, 6.07) is 3.88. The summed E-state index contributed by atoms with van der Waals surface area (Å²) in [6.45, 7) is 0.446. The first-order valence-corrected chi connectivity index (χ1v) is 6.47. The second kappa shape index (κ2) is 6.15. The Bertz CT molecular complexity index is 495. The number of aromatic nitrogens is 2. The van der Waals surface area contributed by atoms with Gasteiger partial charge in [0, 0.05) is 13.0 Å². The van der Waals surface area contributed by atoms with Crippen LogP contribution < -0.4 is 5.32 Å². The lowest BCUT2D eigenvalue weighted by molar-refractivity contribution is 0.194. The van der Waals surface area contributed by atoms with Crippen molar-refractivity contribution in [2.45, 2.75) is 19.3 Å². The van der Waals surface area contributed by atoms with E-state index in [-0.39, 0.29) is 0 Å². The third kappa shape index (κ3) is 3.56. The highest BCUT2D eigenvalue weighted by Gasteiger charge is 2.08. The molecule has 96 valence electrons. The van der Waals surface area contributed by atoms with Gasteiger partial charge in [0.15, 0.2) is 0 Å². The van der Waals surface area contributed by atoms with E-state index in [0.29, 0.717) is 24.7 Å². The molecular formula is C11H13N3O3S. The van der Waals surface area contributed by atoms with E-state index in [9.17, 15) is 4.79 Å². The maximum atomic E-state index is 10.2. The maximum Gasteiger partial charge on any atom is 0.404 e. The number of nitrogens with zero attached hydrogens (tertiary/aromatic N) is 2. The molecule has 0 bridgehead atoms. The topological polar surface area (TPSA) is 88.2 Å². The molecule has 0 aliphatic rings. The number of carbonyl (C=O) groups is 1. The SMILES string of the molecule is O=C(O)NCCCCc1nc(-c2cccs2)no1. The Kier molecular flexibility index (Phi) is 4.30. The third-order valence-corrected chi connectivity index (χ3v) is 3.17. The Morgan fingerprint density at radius 3 is 3.11 bits per heavy atom. The fourth-order valence-electron chi connectivity index (χ4n) is 1.46. The highest BCUT2D eigenvalue weighted by Crippen LogP contribution is 2.21. The molecule has 6 nitrogen and oxygen atoms in total. The number of nitrogens with one attached hydrogen (secondary N) is 1. The summed E-state index contributed by atoms with van der Waals surface area (Å²) >= 11 is 1.56. The molecule has 2 heterocycles. The van der Waals surface area contributed by atoms with E-state index >= 15 is 0 Å². The van der Waals surface area contributed by atoms with Crippen LogP contribution in [-0.2, 0) is 6.42 Å². The monoisotopic (exact) mass is 267 g/mol. The van der Waals surface area contributed by atoms with Gasteiger partial charge in [-0.3, -0.25) is 0 Å². The molecule has 0 fully saturated rings. The summed E-state index contributed by atoms with van der Waals surface area (Å²) in [6.07, 6.45) is 1.24. The molecule has 2 rings (SSSR count). The zero-order chi connectivity index (χ0) is 12.8. The fraction of sp³-hybridized carbons (Fsp3) is 0.364. The molecule has 0 spiro atoms. The van der Waals surface area contributed by atoms with Gasteiger partial charge in [-0.25, -0.2) is 4.79 Å². The number of amides is 1. The van der Waals surface area contributed by atoms with E-state index in [0.717, 1.165) is 17.7 Å². The average Bonchev–Trinajstić information content (AvgIpc) is 2.98.